The number of hydrogen-bond acceptors (Lipinski definition) is 3. The molecule has 2 aromatic heterocycles. The van der Waals surface area contributed by atoms with Gasteiger partial charge in [-0.25, -0.2) is 4.98 Å². The molecule has 0 aliphatic heterocycles. The SMILES string of the molecule is CCNCc1cc(-n2ccnc2)ccn1. The van der Waals surface area contributed by atoms with Gasteiger partial charge in [0, 0.05) is 30.8 Å². The maximum atomic E-state index is 4.29. The van der Waals surface area contributed by atoms with Crippen molar-refractivity contribution in [2.75, 3.05) is 6.54 Å². The minimum Gasteiger partial charge on any atom is -0.311 e. The van der Waals surface area contributed by atoms with Crippen LogP contribution in [0.1, 0.15) is 12.6 Å². The zero-order valence-corrected chi connectivity index (χ0v) is 8.72. The summed E-state index contributed by atoms with van der Waals surface area (Å²) in [4.78, 5) is 8.31. The van der Waals surface area contributed by atoms with Gasteiger partial charge in [-0.3, -0.25) is 4.98 Å². The minimum atomic E-state index is 0.805. The van der Waals surface area contributed by atoms with Crippen LogP contribution in [0.5, 0.6) is 0 Å². The van der Waals surface area contributed by atoms with Crippen molar-refractivity contribution in [3.8, 4) is 5.69 Å². The standard InChI is InChI=1S/C11H14N4/c1-2-12-8-10-7-11(3-4-14-10)15-6-5-13-9-15/h3-7,9,12H,2,8H2,1H3. The summed E-state index contributed by atoms with van der Waals surface area (Å²) < 4.78 is 1.97. The molecule has 15 heavy (non-hydrogen) atoms. The Hall–Kier alpha value is -1.68. The van der Waals surface area contributed by atoms with Gasteiger partial charge in [0.15, 0.2) is 0 Å². The van der Waals surface area contributed by atoms with Crippen molar-refractivity contribution < 1.29 is 0 Å². The Balaban J connectivity index is 2.19. The first-order valence-corrected chi connectivity index (χ1v) is 5.04. The molecule has 0 bridgehead atoms. The maximum Gasteiger partial charge on any atom is 0.0991 e. The van der Waals surface area contributed by atoms with Crippen LogP contribution >= 0.6 is 0 Å². The van der Waals surface area contributed by atoms with Crippen molar-refractivity contribution in [2.24, 2.45) is 0 Å². The lowest BCUT2D eigenvalue weighted by atomic mass is 10.3. The van der Waals surface area contributed by atoms with E-state index in [4.69, 9.17) is 0 Å². The number of rotatable bonds is 4. The second-order valence-corrected chi connectivity index (χ2v) is 3.26. The second kappa shape index (κ2) is 4.70. The highest BCUT2D eigenvalue weighted by Crippen LogP contribution is 2.07. The van der Waals surface area contributed by atoms with Crippen LogP contribution in [0.25, 0.3) is 5.69 Å². The zero-order valence-electron chi connectivity index (χ0n) is 8.72. The molecule has 0 aliphatic rings. The van der Waals surface area contributed by atoms with Gasteiger partial charge in [0.2, 0.25) is 0 Å². The van der Waals surface area contributed by atoms with Gasteiger partial charge in [0.05, 0.1) is 12.0 Å². The average Bonchev–Trinajstić information content (AvgIpc) is 2.80. The normalized spacial score (nSPS) is 10.5. The van der Waals surface area contributed by atoms with Crippen LogP contribution in [0.15, 0.2) is 37.1 Å². The molecule has 4 heteroatoms. The molecule has 0 aliphatic carbocycles. The van der Waals surface area contributed by atoms with Crippen LogP contribution in [0.3, 0.4) is 0 Å². The van der Waals surface area contributed by atoms with Crippen LogP contribution in [0.4, 0.5) is 0 Å². The Morgan fingerprint density at radius 1 is 1.40 bits per heavy atom. The Morgan fingerprint density at radius 2 is 2.33 bits per heavy atom. The number of imidazole rings is 1. The Morgan fingerprint density at radius 3 is 3.07 bits per heavy atom. The molecule has 0 aromatic carbocycles. The van der Waals surface area contributed by atoms with E-state index in [2.05, 4.69) is 28.3 Å². The van der Waals surface area contributed by atoms with Crippen molar-refractivity contribution in [1.82, 2.24) is 19.9 Å². The van der Waals surface area contributed by atoms with E-state index in [9.17, 15) is 0 Å². The first kappa shape index (κ1) is 9.86. The molecule has 1 N–H and O–H groups in total. The zero-order chi connectivity index (χ0) is 10.5. The van der Waals surface area contributed by atoms with Crippen molar-refractivity contribution in [1.29, 1.82) is 0 Å². The van der Waals surface area contributed by atoms with E-state index in [1.165, 1.54) is 0 Å². The summed E-state index contributed by atoms with van der Waals surface area (Å²) in [5.41, 5.74) is 2.14. The van der Waals surface area contributed by atoms with E-state index < -0.39 is 0 Å². The molecule has 0 spiro atoms. The van der Waals surface area contributed by atoms with Crippen LogP contribution in [0.2, 0.25) is 0 Å². The van der Waals surface area contributed by atoms with Crippen LogP contribution in [-0.2, 0) is 6.54 Å². The summed E-state index contributed by atoms with van der Waals surface area (Å²) in [6.45, 7) is 3.84. The summed E-state index contributed by atoms with van der Waals surface area (Å²) in [5.74, 6) is 0. The Bertz CT molecular complexity index is 408. The smallest absolute Gasteiger partial charge is 0.0991 e. The number of pyridine rings is 1. The predicted molar refractivity (Wildman–Crippen MR) is 58.7 cm³/mol. The molecule has 0 saturated carbocycles. The number of nitrogens with one attached hydrogen (secondary N) is 1. The van der Waals surface area contributed by atoms with Gasteiger partial charge >= 0.3 is 0 Å². The molecule has 2 heterocycles. The quantitative estimate of drug-likeness (QED) is 0.814. The highest BCUT2D eigenvalue weighted by atomic mass is 15.0. The molecule has 0 amide bonds. The summed E-state index contributed by atoms with van der Waals surface area (Å²) in [6, 6.07) is 4.03. The summed E-state index contributed by atoms with van der Waals surface area (Å²) in [6.07, 6.45) is 7.30. The van der Waals surface area contributed by atoms with Crippen molar-refractivity contribution >= 4 is 0 Å². The average molecular weight is 202 g/mol. The molecule has 0 atom stereocenters. The largest absolute Gasteiger partial charge is 0.311 e. The molecule has 0 radical (unpaired) electrons. The van der Waals surface area contributed by atoms with E-state index in [-0.39, 0.29) is 0 Å². The molecule has 2 aromatic rings. The fraction of sp³-hybridized carbons (Fsp3) is 0.273. The van der Waals surface area contributed by atoms with Crippen molar-refractivity contribution in [3.63, 3.8) is 0 Å². The van der Waals surface area contributed by atoms with E-state index in [1.807, 2.05) is 23.0 Å². The summed E-state index contributed by atoms with van der Waals surface area (Å²) in [5, 5.41) is 3.25. The second-order valence-electron chi connectivity index (χ2n) is 3.26. The maximum absolute atomic E-state index is 4.29. The fourth-order valence-corrected chi connectivity index (χ4v) is 1.39. The van der Waals surface area contributed by atoms with Crippen LogP contribution < -0.4 is 5.32 Å². The number of nitrogens with zero attached hydrogens (tertiary/aromatic N) is 3. The lowest BCUT2D eigenvalue weighted by molar-refractivity contribution is 0.710. The van der Waals surface area contributed by atoms with E-state index in [0.717, 1.165) is 24.5 Å². The monoisotopic (exact) mass is 202 g/mol. The predicted octanol–water partition coefficient (Wildman–Crippen LogP) is 1.38. The van der Waals surface area contributed by atoms with Gasteiger partial charge in [0.25, 0.3) is 0 Å². The highest BCUT2D eigenvalue weighted by Gasteiger charge is 1.98. The third kappa shape index (κ3) is 2.41. The minimum absolute atomic E-state index is 0.805. The molecule has 0 unspecified atom stereocenters. The lowest BCUT2D eigenvalue weighted by Gasteiger charge is -2.05. The number of aromatic nitrogens is 3. The summed E-state index contributed by atoms with van der Waals surface area (Å²) >= 11 is 0. The van der Waals surface area contributed by atoms with Crippen molar-refractivity contribution in [2.45, 2.75) is 13.5 Å². The van der Waals surface area contributed by atoms with E-state index in [0.29, 0.717) is 0 Å². The highest BCUT2D eigenvalue weighted by molar-refractivity contribution is 5.31. The third-order valence-electron chi connectivity index (χ3n) is 2.16. The number of hydrogen-bond donors (Lipinski definition) is 1. The Kier molecular flexibility index (Phi) is 3.09. The molecule has 2 rings (SSSR count). The Labute approximate surface area is 89.0 Å². The fourth-order valence-electron chi connectivity index (χ4n) is 1.39. The van der Waals surface area contributed by atoms with Gasteiger partial charge in [-0.05, 0) is 18.7 Å². The van der Waals surface area contributed by atoms with Gasteiger partial charge in [-0.2, -0.15) is 0 Å². The van der Waals surface area contributed by atoms with Gasteiger partial charge in [-0.15, -0.1) is 0 Å². The molecule has 0 saturated heterocycles. The lowest BCUT2D eigenvalue weighted by Crippen LogP contribution is -2.13. The van der Waals surface area contributed by atoms with Crippen LogP contribution in [0, 0.1) is 0 Å². The van der Waals surface area contributed by atoms with Gasteiger partial charge in [-0.1, -0.05) is 6.92 Å². The topological polar surface area (TPSA) is 42.7 Å². The first-order valence-electron chi connectivity index (χ1n) is 5.04. The molecule has 4 nitrogen and oxygen atoms in total. The third-order valence-corrected chi connectivity index (χ3v) is 2.16. The van der Waals surface area contributed by atoms with E-state index >= 15 is 0 Å². The molecular formula is C11H14N4. The van der Waals surface area contributed by atoms with E-state index in [1.54, 1.807) is 12.5 Å². The molecule has 78 valence electrons. The van der Waals surface area contributed by atoms with Crippen molar-refractivity contribution in [3.05, 3.63) is 42.7 Å². The van der Waals surface area contributed by atoms with Gasteiger partial charge in [0.1, 0.15) is 0 Å². The first-order chi connectivity index (χ1) is 7.40. The summed E-state index contributed by atoms with van der Waals surface area (Å²) in [7, 11) is 0. The van der Waals surface area contributed by atoms with Crippen LogP contribution in [-0.4, -0.2) is 21.1 Å². The molecule has 0 fully saturated rings. The molecular weight excluding hydrogens is 188 g/mol. The van der Waals surface area contributed by atoms with Gasteiger partial charge < -0.3 is 9.88 Å².